The summed E-state index contributed by atoms with van der Waals surface area (Å²) in [4.78, 5) is 17.0. The zero-order chi connectivity index (χ0) is 17.1. The Balaban J connectivity index is 1.35. The van der Waals surface area contributed by atoms with Crippen LogP contribution in [0.4, 0.5) is 0 Å². The summed E-state index contributed by atoms with van der Waals surface area (Å²) >= 11 is 1.74. The van der Waals surface area contributed by atoms with Gasteiger partial charge in [0.1, 0.15) is 0 Å². The lowest BCUT2D eigenvalue weighted by molar-refractivity contribution is 0.0954. The van der Waals surface area contributed by atoms with Crippen molar-refractivity contribution in [2.24, 2.45) is 0 Å². The van der Waals surface area contributed by atoms with Crippen LogP contribution in [0.15, 0.2) is 60.0 Å². The van der Waals surface area contributed by atoms with Gasteiger partial charge in [-0.1, -0.05) is 42.5 Å². The van der Waals surface area contributed by atoms with Crippen LogP contribution < -0.4 is 5.32 Å². The highest BCUT2D eigenvalue weighted by Gasteiger charge is 2.26. The Morgan fingerprint density at radius 3 is 2.56 bits per heavy atom. The molecule has 1 saturated carbocycles. The van der Waals surface area contributed by atoms with E-state index in [0.29, 0.717) is 18.0 Å². The van der Waals surface area contributed by atoms with Gasteiger partial charge in [0.15, 0.2) is 0 Å². The van der Waals surface area contributed by atoms with Crippen LogP contribution in [0.5, 0.6) is 0 Å². The largest absolute Gasteiger partial charge is 0.352 e. The third kappa shape index (κ3) is 3.97. The van der Waals surface area contributed by atoms with Crippen LogP contribution in [-0.4, -0.2) is 17.4 Å². The molecule has 3 nitrogen and oxygen atoms in total. The summed E-state index contributed by atoms with van der Waals surface area (Å²) in [5.41, 5.74) is 4.01. The van der Waals surface area contributed by atoms with E-state index in [1.807, 2.05) is 42.5 Å². The van der Waals surface area contributed by atoms with Crippen LogP contribution >= 0.6 is 11.3 Å². The second-order valence-corrected chi connectivity index (χ2v) is 7.30. The van der Waals surface area contributed by atoms with Gasteiger partial charge >= 0.3 is 0 Å². The fraction of sp³-hybridized carbons (Fsp3) is 0.238. The highest BCUT2D eigenvalue weighted by molar-refractivity contribution is 7.10. The molecule has 4 rings (SSSR count). The van der Waals surface area contributed by atoms with E-state index < -0.39 is 0 Å². The molecule has 1 heterocycles. The lowest BCUT2D eigenvalue weighted by atomic mass is 10.1. The molecule has 0 unspecified atom stereocenters. The van der Waals surface area contributed by atoms with Gasteiger partial charge in [-0.25, -0.2) is 4.98 Å². The van der Waals surface area contributed by atoms with Crippen molar-refractivity contribution in [2.75, 3.05) is 6.54 Å². The molecular weight excluding hydrogens is 328 g/mol. The van der Waals surface area contributed by atoms with Gasteiger partial charge in [-0.3, -0.25) is 4.79 Å². The number of hydrogen-bond donors (Lipinski definition) is 1. The Morgan fingerprint density at radius 2 is 1.84 bits per heavy atom. The van der Waals surface area contributed by atoms with Crippen molar-refractivity contribution in [3.05, 3.63) is 76.1 Å². The molecule has 0 radical (unpaired) electrons. The van der Waals surface area contributed by atoms with E-state index in [9.17, 15) is 4.79 Å². The lowest BCUT2D eigenvalue weighted by Crippen LogP contribution is -2.25. The first-order valence-electron chi connectivity index (χ1n) is 8.67. The Hall–Kier alpha value is -2.46. The third-order valence-electron chi connectivity index (χ3n) is 4.43. The van der Waals surface area contributed by atoms with Crippen LogP contribution in [0, 0.1) is 0 Å². The minimum absolute atomic E-state index is 0.0283. The van der Waals surface area contributed by atoms with Crippen LogP contribution in [0.3, 0.4) is 0 Å². The zero-order valence-corrected chi connectivity index (χ0v) is 14.8. The average Bonchev–Trinajstić information content (AvgIpc) is 3.40. The summed E-state index contributed by atoms with van der Waals surface area (Å²) in [6.07, 6.45) is 3.39. The van der Waals surface area contributed by atoms with Crippen LogP contribution in [0.2, 0.25) is 0 Å². The highest BCUT2D eigenvalue weighted by Crippen LogP contribution is 2.42. The number of aromatic nitrogens is 1. The molecule has 1 aliphatic carbocycles. The van der Waals surface area contributed by atoms with E-state index in [-0.39, 0.29) is 5.91 Å². The van der Waals surface area contributed by atoms with Gasteiger partial charge in [0.2, 0.25) is 0 Å². The normalized spacial score (nSPS) is 13.6. The monoisotopic (exact) mass is 348 g/mol. The Morgan fingerprint density at radius 1 is 1.08 bits per heavy atom. The molecule has 1 amide bonds. The fourth-order valence-electron chi connectivity index (χ4n) is 2.80. The molecule has 0 aliphatic heterocycles. The van der Waals surface area contributed by atoms with E-state index in [2.05, 4.69) is 22.8 Å². The van der Waals surface area contributed by atoms with Crippen molar-refractivity contribution in [3.8, 4) is 11.3 Å². The SMILES string of the molecule is O=C(NCCc1ccccc1)c1ccc(-c2csc(C3CC3)n2)cc1. The number of benzene rings is 2. The first-order valence-corrected chi connectivity index (χ1v) is 9.55. The first kappa shape index (κ1) is 16.0. The van der Waals surface area contributed by atoms with Gasteiger partial charge in [0.05, 0.1) is 10.7 Å². The number of amides is 1. The molecule has 25 heavy (non-hydrogen) atoms. The van der Waals surface area contributed by atoms with Crippen LogP contribution in [0.1, 0.15) is 39.7 Å². The van der Waals surface area contributed by atoms with Gasteiger partial charge in [-0.05, 0) is 37.0 Å². The maximum atomic E-state index is 12.3. The molecule has 126 valence electrons. The summed E-state index contributed by atoms with van der Waals surface area (Å²) in [6, 6.07) is 17.9. The maximum Gasteiger partial charge on any atom is 0.251 e. The van der Waals surface area contributed by atoms with Crippen molar-refractivity contribution in [2.45, 2.75) is 25.2 Å². The number of carbonyl (C=O) groups is 1. The van der Waals surface area contributed by atoms with Crippen LogP contribution in [-0.2, 0) is 6.42 Å². The number of rotatable bonds is 6. The predicted molar refractivity (Wildman–Crippen MR) is 102 cm³/mol. The first-order chi connectivity index (χ1) is 12.3. The summed E-state index contributed by atoms with van der Waals surface area (Å²) in [5.74, 6) is 0.660. The van der Waals surface area contributed by atoms with Crippen molar-refractivity contribution >= 4 is 17.2 Å². The van der Waals surface area contributed by atoms with E-state index in [1.165, 1.54) is 23.4 Å². The van der Waals surface area contributed by atoms with Gasteiger partial charge in [-0.2, -0.15) is 0 Å². The number of carbonyl (C=O) groups excluding carboxylic acids is 1. The quantitative estimate of drug-likeness (QED) is 0.704. The molecule has 1 aromatic heterocycles. The van der Waals surface area contributed by atoms with Crippen molar-refractivity contribution in [3.63, 3.8) is 0 Å². The molecule has 0 saturated heterocycles. The summed E-state index contributed by atoms with van der Waals surface area (Å²) in [5, 5.41) is 6.34. The Kier molecular flexibility index (Phi) is 4.61. The number of nitrogens with zero attached hydrogens (tertiary/aromatic N) is 1. The molecule has 3 aromatic rings. The van der Waals surface area contributed by atoms with Crippen molar-refractivity contribution < 1.29 is 4.79 Å². The molecule has 2 aromatic carbocycles. The standard InChI is InChI=1S/C21H20N2OS/c24-20(22-13-12-15-4-2-1-3-5-15)17-8-6-16(7-9-17)19-14-25-21(23-19)18-10-11-18/h1-9,14,18H,10-13H2,(H,22,24). The van der Waals surface area contributed by atoms with Gasteiger partial charge < -0.3 is 5.32 Å². The number of hydrogen-bond acceptors (Lipinski definition) is 3. The predicted octanol–water partition coefficient (Wildman–Crippen LogP) is 4.66. The smallest absolute Gasteiger partial charge is 0.251 e. The topological polar surface area (TPSA) is 42.0 Å². The lowest BCUT2D eigenvalue weighted by Gasteiger charge is -2.06. The molecule has 0 atom stereocenters. The minimum atomic E-state index is -0.0283. The molecule has 1 fully saturated rings. The molecule has 1 aliphatic rings. The van der Waals surface area contributed by atoms with E-state index in [0.717, 1.165) is 17.7 Å². The van der Waals surface area contributed by atoms with E-state index >= 15 is 0 Å². The van der Waals surface area contributed by atoms with Gasteiger partial charge in [-0.15, -0.1) is 11.3 Å². The zero-order valence-electron chi connectivity index (χ0n) is 13.9. The Bertz CT molecular complexity index is 851. The second kappa shape index (κ2) is 7.19. The minimum Gasteiger partial charge on any atom is -0.352 e. The number of nitrogens with one attached hydrogen (secondary N) is 1. The van der Waals surface area contributed by atoms with E-state index in [4.69, 9.17) is 4.98 Å². The molecular formula is C21H20N2OS. The second-order valence-electron chi connectivity index (χ2n) is 6.41. The van der Waals surface area contributed by atoms with Crippen LogP contribution in [0.25, 0.3) is 11.3 Å². The molecule has 0 spiro atoms. The summed E-state index contributed by atoms with van der Waals surface area (Å²) < 4.78 is 0. The van der Waals surface area contributed by atoms with Gasteiger partial charge in [0, 0.05) is 29.0 Å². The van der Waals surface area contributed by atoms with Gasteiger partial charge in [0.25, 0.3) is 5.91 Å². The maximum absolute atomic E-state index is 12.3. The summed E-state index contributed by atoms with van der Waals surface area (Å²) in [7, 11) is 0. The third-order valence-corrected chi connectivity index (χ3v) is 5.44. The highest BCUT2D eigenvalue weighted by atomic mass is 32.1. The fourth-order valence-corrected chi connectivity index (χ4v) is 3.80. The molecule has 4 heteroatoms. The molecule has 1 N–H and O–H groups in total. The van der Waals surface area contributed by atoms with Crippen molar-refractivity contribution in [1.82, 2.24) is 10.3 Å². The van der Waals surface area contributed by atoms with E-state index in [1.54, 1.807) is 11.3 Å². The molecule has 0 bridgehead atoms. The average molecular weight is 348 g/mol. The Labute approximate surface area is 151 Å². The van der Waals surface area contributed by atoms with Crippen molar-refractivity contribution in [1.29, 1.82) is 0 Å². The summed E-state index contributed by atoms with van der Waals surface area (Å²) in [6.45, 7) is 0.640. The number of thiazole rings is 1.